The predicted octanol–water partition coefficient (Wildman–Crippen LogP) is 2.45. The highest BCUT2D eigenvalue weighted by atomic mass is 16.7. The Kier molecular flexibility index (Phi) is 12.7. The zero-order chi connectivity index (χ0) is 40.5. The minimum Gasteiger partial charge on any atom is -0.461 e. The highest BCUT2D eigenvalue weighted by Crippen LogP contribution is 2.63. The summed E-state index contributed by atoms with van der Waals surface area (Å²) < 4.78 is 47.2. The Morgan fingerprint density at radius 3 is 1.87 bits per heavy atom. The molecule has 2 saturated heterocycles. The van der Waals surface area contributed by atoms with Crippen molar-refractivity contribution < 1.29 is 76.6 Å². The monoisotopic (exact) mass is 764 g/mol. The molecule has 0 bridgehead atoms. The molecule has 4 rings (SSSR count). The Morgan fingerprint density at radius 1 is 0.815 bits per heavy atom. The van der Waals surface area contributed by atoms with Gasteiger partial charge in [0.15, 0.2) is 30.0 Å². The van der Waals surface area contributed by atoms with Gasteiger partial charge in [-0.2, -0.15) is 0 Å². The van der Waals surface area contributed by atoms with Crippen LogP contribution in [0.5, 0.6) is 0 Å². The number of epoxide rings is 1. The van der Waals surface area contributed by atoms with Gasteiger partial charge in [-0.1, -0.05) is 40.7 Å². The van der Waals surface area contributed by atoms with Gasteiger partial charge in [0, 0.05) is 46.5 Å². The Labute approximate surface area is 314 Å². The number of aliphatic hydroxyl groups is 1. The number of carbonyl (C=O) groups excluding carboxylic acids is 7. The zero-order valence-corrected chi connectivity index (χ0v) is 32.4. The fourth-order valence-electron chi connectivity index (χ4n) is 8.00. The minimum atomic E-state index is -2.44. The van der Waals surface area contributed by atoms with E-state index in [1.165, 1.54) is 32.1 Å². The van der Waals surface area contributed by atoms with Crippen LogP contribution in [-0.2, 0) is 71.5 Å². The second-order valence-corrected chi connectivity index (χ2v) is 15.6. The second-order valence-electron chi connectivity index (χ2n) is 15.6. The van der Waals surface area contributed by atoms with Crippen LogP contribution in [0.3, 0.4) is 0 Å². The molecule has 1 saturated carbocycles. The lowest BCUT2D eigenvalue weighted by atomic mass is 9.51. The highest BCUT2D eigenvalue weighted by Gasteiger charge is 2.81. The Bertz CT molecular complexity index is 1570. The third-order valence-corrected chi connectivity index (χ3v) is 10.3. The fourth-order valence-corrected chi connectivity index (χ4v) is 8.00. The van der Waals surface area contributed by atoms with Crippen LogP contribution in [-0.4, -0.2) is 108 Å². The Balaban J connectivity index is 2.12. The minimum absolute atomic E-state index is 0.0258. The molecule has 0 aromatic heterocycles. The molecule has 16 heteroatoms. The summed E-state index contributed by atoms with van der Waals surface area (Å²) in [6, 6.07) is 0. The predicted molar refractivity (Wildman–Crippen MR) is 183 cm³/mol. The molecule has 0 radical (unpaired) electrons. The summed E-state index contributed by atoms with van der Waals surface area (Å²) in [6.07, 6.45) is -5.46. The molecular weight excluding hydrogens is 712 g/mol. The fraction of sp³-hybridized carbons (Fsp3) is 0.711. The number of hydrogen-bond acceptors (Lipinski definition) is 16. The number of ether oxygens (including phenoxy) is 8. The van der Waals surface area contributed by atoms with E-state index >= 15 is 0 Å². The first kappa shape index (κ1) is 42.4. The molecular formula is C38H52O16. The van der Waals surface area contributed by atoms with Crippen molar-refractivity contribution in [3.05, 3.63) is 23.8 Å². The van der Waals surface area contributed by atoms with Gasteiger partial charge in [-0.15, -0.1) is 0 Å². The summed E-state index contributed by atoms with van der Waals surface area (Å²) in [5.41, 5.74) is -5.91. The molecule has 0 aromatic rings. The zero-order valence-electron chi connectivity index (χ0n) is 32.4. The molecule has 0 aromatic carbocycles. The number of fused-ring (bicyclic) bond motifs is 3. The van der Waals surface area contributed by atoms with Crippen LogP contribution >= 0.6 is 0 Å². The summed E-state index contributed by atoms with van der Waals surface area (Å²) in [5, 5.41) is 13.0. The summed E-state index contributed by atoms with van der Waals surface area (Å²) in [5.74, 6) is -8.70. The molecule has 2 aliphatic carbocycles. The van der Waals surface area contributed by atoms with E-state index in [9.17, 15) is 38.7 Å². The first-order valence-corrected chi connectivity index (χ1v) is 18.1. The van der Waals surface area contributed by atoms with Crippen molar-refractivity contribution >= 4 is 41.8 Å². The molecule has 2 aliphatic heterocycles. The number of hydrogen-bond donors (Lipinski definition) is 1. The lowest BCUT2D eigenvalue weighted by Crippen LogP contribution is -2.76. The summed E-state index contributed by atoms with van der Waals surface area (Å²) in [7, 11) is 0. The highest BCUT2D eigenvalue weighted by molar-refractivity contribution is 5.78. The van der Waals surface area contributed by atoms with E-state index in [2.05, 4.69) is 0 Å². The second kappa shape index (κ2) is 16.2. The van der Waals surface area contributed by atoms with Crippen molar-refractivity contribution in [2.75, 3.05) is 13.2 Å². The number of rotatable bonds is 11. The van der Waals surface area contributed by atoms with Crippen molar-refractivity contribution in [3.63, 3.8) is 0 Å². The standard InChI is InChI=1S/C38H52O16/c1-18(2)13-28(43)47-16-25-11-12-26(49-21(6)39)36(10)31(34(52-24(9)42)38(46)20(5)35(45)53-27(38)15-25)37(17-48-37)33(51-23(8)41)30(50-22(7)40)32(36)54-29(44)14-19(3)4/h11-12,15,18-20,26-27,30-34,46H,13-14,16-17H2,1-10H3/t20-,26-,27-,30+,31+,32-,33+,34-,36+,37-,38-/m0/s1. The Hall–Kier alpha value is -4.31. The average molecular weight is 765 g/mol. The van der Waals surface area contributed by atoms with E-state index in [1.54, 1.807) is 13.8 Å². The molecule has 4 aliphatic rings. The van der Waals surface area contributed by atoms with Gasteiger partial charge in [0.1, 0.15) is 24.4 Å². The summed E-state index contributed by atoms with van der Waals surface area (Å²) in [4.78, 5) is 91.4. The van der Waals surface area contributed by atoms with Gasteiger partial charge in [0.2, 0.25) is 0 Å². The molecule has 16 nitrogen and oxygen atoms in total. The summed E-state index contributed by atoms with van der Waals surface area (Å²) >= 11 is 0. The first-order chi connectivity index (χ1) is 25.1. The maximum atomic E-state index is 13.7. The van der Waals surface area contributed by atoms with E-state index in [0.717, 1.165) is 27.7 Å². The van der Waals surface area contributed by atoms with Crippen LogP contribution in [0.4, 0.5) is 0 Å². The maximum absolute atomic E-state index is 13.7. The van der Waals surface area contributed by atoms with Gasteiger partial charge in [-0.25, -0.2) is 0 Å². The van der Waals surface area contributed by atoms with Gasteiger partial charge in [-0.05, 0) is 36.5 Å². The van der Waals surface area contributed by atoms with Crippen molar-refractivity contribution in [2.24, 2.45) is 29.1 Å². The van der Waals surface area contributed by atoms with Crippen molar-refractivity contribution in [2.45, 2.75) is 130 Å². The molecule has 1 N–H and O–H groups in total. The van der Waals surface area contributed by atoms with Crippen LogP contribution in [0.25, 0.3) is 0 Å². The van der Waals surface area contributed by atoms with Crippen molar-refractivity contribution in [3.8, 4) is 0 Å². The molecule has 1 spiro atoms. The van der Waals surface area contributed by atoms with E-state index in [-0.39, 0.29) is 43.5 Å². The first-order valence-electron chi connectivity index (χ1n) is 18.1. The molecule has 0 amide bonds. The largest absolute Gasteiger partial charge is 0.461 e. The molecule has 300 valence electrons. The smallest absolute Gasteiger partial charge is 0.312 e. The number of esters is 7. The van der Waals surface area contributed by atoms with E-state index in [0.29, 0.717) is 0 Å². The van der Waals surface area contributed by atoms with Crippen molar-refractivity contribution in [1.29, 1.82) is 0 Å². The van der Waals surface area contributed by atoms with Gasteiger partial charge in [0.05, 0.1) is 17.9 Å². The maximum Gasteiger partial charge on any atom is 0.312 e. The van der Waals surface area contributed by atoms with Crippen molar-refractivity contribution in [1.82, 2.24) is 0 Å². The van der Waals surface area contributed by atoms with Gasteiger partial charge in [0.25, 0.3) is 0 Å². The SMILES string of the molecule is CC(=O)O[C@H]1[C@@H](OC(C)=O)[C@]2(CO2)[C@@H]2[C@H](OC(C)=O)[C@@]3(O)[C@H](C=C(COC(=O)CC(C)C)C=C[C@H](OC(C)=O)[C@@]2(C)[C@H]1OC(=O)CC(C)C)OC(=O)[C@@H]3C. The molecule has 3 fully saturated rings. The average Bonchev–Trinajstić information content (AvgIpc) is 3.78. The molecule has 11 atom stereocenters. The van der Waals surface area contributed by atoms with E-state index in [1.807, 2.05) is 13.8 Å². The Morgan fingerprint density at radius 2 is 1.35 bits per heavy atom. The molecule has 0 unspecified atom stereocenters. The molecule has 54 heavy (non-hydrogen) atoms. The number of carbonyl (C=O) groups is 7. The lowest BCUT2D eigenvalue weighted by Gasteiger charge is -2.59. The van der Waals surface area contributed by atoms with E-state index < -0.39 is 107 Å². The summed E-state index contributed by atoms with van der Waals surface area (Å²) in [6.45, 7) is 13.9. The van der Waals surface area contributed by atoms with E-state index in [4.69, 9.17) is 37.9 Å². The molecule has 2 heterocycles. The normalized spacial score (nSPS) is 35.5. The van der Waals surface area contributed by atoms with Gasteiger partial charge < -0.3 is 43.0 Å². The van der Waals surface area contributed by atoms with Crippen LogP contribution in [0.15, 0.2) is 23.8 Å². The third-order valence-electron chi connectivity index (χ3n) is 10.3. The lowest BCUT2D eigenvalue weighted by molar-refractivity contribution is -0.279. The van der Waals surface area contributed by atoms with Gasteiger partial charge in [-0.3, -0.25) is 33.6 Å². The van der Waals surface area contributed by atoms with Crippen LogP contribution in [0.2, 0.25) is 0 Å². The van der Waals surface area contributed by atoms with Crippen LogP contribution < -0.4 is 0 Å². The van der Waals surface area contributed by atoms with Gasteiger partial charge >= 0.3 is 41.8 Å². The topological polar surface area (TPSA) is 217 Å². The van der Waals surface area contributed by atoms with Crippen LogP contribution in [0.1, 0.15) is 82.1 Å². The quantitative estimate of drug-likeness (QED) is 0.182. The third kappa shape index (κ3) is 8.49. The van der Waals surface area contributed by atoms with Crippen LogP contribution in [0, 0.1) is 29.1 Å².